The second-order valence-electron chi connectivity index (χ2n) is 13.1. The first-order valence-corrected chi connectivity index (χ1v) is 16.0. The number of ether oxygens (including phenoxy) is 1. The van der Waals surface area contributed by atoms with E-state index in [4.69, 9.17) is 9.84 Å². The molecule has 238 valence electrons. The number of rotatable bonds is 7. The van der Waals surface area contributed by atoms with Crippen molar-refractivity contribution in [3.63, 3.8) is 0 Å². The number of aromatic nitrogens is 4. The number of fused-ring (bicyclic) bond motifs is 3. The fraction of sp³-hybridized carbons (Fsp3) is 0.220. The Morgan fingerprint density at radius 3 is 2.45 bits per heavy atom. The van der Waals surface area contributed by atoms with Crippen LogP contribution in [0.15, 0.2) is 97.5 Å². The number of aryl methyl sites for hydroxylation is 3. The predicted molar refractivity (Wildman–Crippen MR) is 187 cm³/mol. The van der Waals surface area contributed by atoms with Crippen molar-refractivity contribution < 1.29 is 25.8 Å². The third-order valence-electron chi connectivity index (χ3n) is 8.58. The molecule has 0 saturated heterocycles. The van der Waals surface area contributed by atoms with E-state index in [0.29, 0.717) is 11.5 Å². The second-order valence-corrected chi connectivity index (χ2v) is 13.1. The first-order chi connectivity index (χ1) is 22.2. The van der Waals surface area contributed by atoms with Crippen molar-refractivity contribution in [1.29, 1.82) is 0 Å². The number of pyridine rings is 1. The van der Waals surface area contributed by atoms with Crippen LogP contribution in [0.25, 0.3) is 44.4 Å². The van der Waals surface area contributed by atoms with Crippen molar-refractivity contribution in [1.82, 2.24) is 19.3 Å². The van der Waals surface area contributed by atoms with Gasteiger partial charge in [-0.1, -0.05) is 70.0 Å². The number of hydrogen-bond acceptors (Lipinski definition) is 3. The molecule has 0 spiro atoms. The molecule has 0 fully saturated rings. The fourth-order valence-corrected chi connectivity index (χ4v) is 6.32. The molecule has 47 heavy (non-hydrogen) atoms. The van der Waals surface area contributed by atoms with Crippen molar-refractivity contribution in [3.8, 4) is 34.1 Å². The van der Waals surface area contributed by atoms with Crippen LogP contribution < -0.4 is 4.74 Å². The zero-order valence-electron chi connectivity index (χ0n) is 27.7. The van der Waals surface area contributed by atoms with Gasteiger partial charge in [0.25, 0.3) is 0 Å². The first kappa shape index (κ1) is 32.5. The van der Waals surface area contributed by atoms with Gasteiger partial charge in [-0.3, -0.25) is 4.68 Å². The molecule has 0 atom stereocenters. The Hall–Kier alpha value is -4.47. The smallest absolute Gasteiger partial charge is 0.509 e. The second kappa shape index (κ2) is 13.0. The molecule has 7 aromatic rings. The molecule has 6 heteroatoms. The third-order valence-corrected chi connectivity index (χ3v) is 8.58. The topological polar surface area (TPSA) is 44.9 Å². The van der Waals surface area contributed by atoms with Crippen molar-refractivity contribution in [2.45, 2.75) is 59.8 Å². The van der Waals surface area contributed by atoms with Crippen LogP contribution in [0.3, 0.4) is 0 Å². The van der Waals surface area contributed by atoms with Gasteiger partial charge < -0.3 is 9.30 Å². The molecule has 0 unspecified atom stereocenters. The van der Waals surface area contributed by atoms with E-state index in [1.807, 2.05) is 47.4 Å². The largest absolute Gasteiger partial charge is 2.00 e. The molecule has 0 saturated carbocycles. The Kier molecular flexibility index (Phi) is 8.96. The molecular weight excluding hydrogens is 760 g/mol. The van der Waals surface area contributed by atoms with Gasteiger partial charge in [-0.25, -0.2) is 4.98 Å². The van der Waals surface area contributed by atoms with E-state index in [1.165, 1.54) is 22.3 Å². The summed E-state index contributed by atoms with van der Waals surface area (Å²) in [6.45, 7) is 13.4. The molecule has 5 nitrogen and oxygen atoms in total. The van der Waals surface area contributed by atoms with E-state index in [-0.39, 0.29) is 26.5 Å². The Bertz CT molecular complexity index is 2220. The average Bonchev–Trinajstić information content (AvgIpc) is 3.64. The molecule has 0 aliphatic rings. The summed E-state index contributed by atoms with van der Waals surface area (Å²) in [7, 11) is 0. The average molecular weight is 798 g/mol. The number of nitrogens with zero attached hydrogens (tertiary/aromatic N) is 4. The summed E-state index contributed by atoms with van der Waals surface area (Å²) in [5.41, 5.74) is 10.5. The van der Waals surface area contributed by atoms with Crippen LogP contribution in [0.5, 0.6) is 11.5 Å². The predicted octanol–water partition coefficient (Wildman–Crippen LogP) is 10.3. The molecule has 0 aliphatic carbocycles. The summed E-state index contributed by atoms with van der Waals surface area (Å²) in [6, 6.07) is 34.1. The summed E-state index contributed by atoms with van der Waals surface area (Å²) in [4.78, 5) is 4.69. The molecule has 4 aromatic carbocycles. The van der Waals surface area contributed by atoms with E-state index in [2.05, 4.69) is 118 Å². The van der Waals surface area contributed by atoms with E-state index in [0.717, 1.165) is 57.3 Å². The minimum absolute atomic E-state index is 0. The van der Waals surface area contributed by atoms with Crippen LogP contribution in [0, 0.1) is 26.0 Å². The first-order valence-electron chi connectivity index (χ1n) is 16.0. The van der Waals surface area contributed by atoms with Gasteiger partial charge in [0.15, 0.2) is 0 Å². The number of para-hydroxylation sites is 1. The minimum atomic E-state index is 0. The van der Waals surface area contributed by atoms with Crippen LogP contribution in [-0.2, 0) is 32.9 Å². The summed E-state index contributed by atoms with van der Waals surface area (Å²) in [6.07, 6.45) is 8.02. The molecule has 7 rings (SSSR count). The van der Waals surface area contributed by atoms with Crippen molar-refractivity contribution in [3.05, 3.63) is 132 Å². The molecular formula is C41H38N4OPt. The molecule has 0 amide bonds. The maximum absolute atomic E-state index is 6.38. The van der Waals surface area contributed by atoms with Gasteiger partial charge in [0.2, 0.25) is 0 Å². The summed E-state index contributed by atoms with van der Waals surface area (Å²) >= 11 is 0. The Morgan fingerprint density at radius 2 is 1.66 bits per heavy atom. The summed E-state index contributed by atoms with van der Waals surface area (Å²) < 4.78 is 10.4. The van der Waals surface area contributed by atoms with Crippen LogP contribution in [0.4, 0.5) is 0 Å². The van der Waals surface area contributed by atoms with Crippen LogP contribution in [0.1, 0.15) is 56.4 Å². The van der Waals surface area contributed by atoms with E-state index < -0.39 is 0 Å². The zero-order valence-corrected chi connectivity index (χ0v) is 29.9. The van der Waals surface area contributed by atoms with Gasteiger partial charge in [0, 0.05) is 35.0 Å². The molecule has 3 aromatic heterocycles. The van der Waals surface area contributed by atoms with Gasteiger partial charge in [0.05, 0.1) is 6.20 Å². The van der Waals surface area contributed by atoms with E-state index in [1.54, 1.807) is 0 Å². The standard InChI is InChI=1S/C41H38N4O.Pt/c1-7-11-29-22-31(41(4,5)6)21-28(3)40(29)30-25-43-44(26-30)32-12-10-13-33(23-32)46-34-16-17-36-35-14-8-9-15-37(35)45(38(36)24-34)39-20-27(2)18-19-42-39;/h8-10,12-22,25-26H,7,11H2,1-6H3;/q-2;+2. The third kappa shape index (κ3) is 6.29. The molecule has 0 bridgehead atoms. The Balaban J connectivity index is 0.00000386. The Morgan fingerprint density at radius 1 is 0.851 bits per heavy atom. The maximum atomic E-state index is 6.38. The fourth-order valence-electron chi connectivity index (χ4n) is 6.32. The van der Waals surface area contributed by atoms with Gasteiger partial charge in [-0.2, -0.15) is 17.2 Å². The molecule has 3 heterocycles. The van der Waals surface area contributed by atoms with E-state index in [9.17, 15) is 0 Å². The van der Waals surface area contributed by atoms with Crippen LogP contribution in [0.2, 0.25) is 0 Å². The summed E-state index contributed by atoms with van der Waals surface area (Å²) in [5.74, 6) is 2.06. The quantitative estimate of drug-likeness (QED) is 0.151. The number of benzene rings is 4. The van der Waals surface area contributed by atoms with E-state index >= 15 is 0 Å². The van der Waals surface area contributed by atoms with Crippen molar-refractivity contribution in [2.75, 3.05) is 0 Å². The SMILES string of the molecule is CCCc1cc(C(C)(C)C)cc(C)c1-c1cnn(-c2[c-]c(Oc3[c-]c4c(cc3)c3ccccc3n4-c3cc(C)ccn3)ccc2)c1.[Pt+2]. The maximum Gasteiger partial charge on any atom is 2.00 e. The molecule has 0 aliphatic heterocycles. The monoisotopic (exact) mass is 797 g/mol. The van der Waals surface area contributed by atoms with Crippen molar-refractivity contribution in [2.24, 2.45) is 0 Å². The minimum Gasteiger partial charge on any atom is -0.509 e. The summed E-state index contributed by atoms with van der Waals surface area (Å²) in [5, 5.41) is 7.00. The molecule has 0 radical (unpaired) electrons. The Labute approximate surface area is 291 Å². The van der Waals surface area contributed by atoms with Gasteiger partial charge in [-0.05, 0) is 82.8 Å². The zero-order chi connectivity index (χ0) is 32.0. The van der Waals surface area contributed by atoms with Gasteiger partial charge in [0.1, 0.15) is 5.82 Å². The normalized spacial score (nSPS) is 11.6. The van der Waals surface area contributed by atoms with Crippen LogP contribution in [-0.4, -0.2) is 19.3 Å². The van der Waals surface area contributed by atoms with Gasteiger partial charge >= 0.3 is 21.1 Å². The van der Waals surface area contributed by atoms with Gasteiger partial charge in [-0.15, -0.1) is 35.7 Å². The number of hydrogen-bond donors (Lipinski definition) is 0. The van der Waals surface area contributed by atoms with Crippen molar-refractivity contribution >= 4 is 21.8 Å². The van der Waals surface area contributed by atoms with Crippen LogP contribution >= 0.6 is 0 Å². The molecule has 0 N–H and O–H groups in total.